The van der Waals surface area contributed by atoms with E-state index in [-0.39, 0.29) is 24.6 Å². The van der Waals surface area contributed by atoms with Crippen molar-refractivity contribution in [1.29, 1.82) is 0 Å². The zero-order valence-corrected chi connectivity index (χ0v) is 14.6. The number of benzene rings is 1. The lowest BCUT2D eigenvalue weighted by Crippen LogP contribution is -2.24. The van der Waals surface area contributed by atoms with Gasteiger partial charge in [-0.2, -0.15) is 0 Å². The maximum atomic E-state index is 11.9. The van der Waals surface area contributed by atoms with Crippen molar-refractivity contribution >= 4 is 23.2 Å². The largest absolute Gasteiger partial charge is 0.491 e. The summed E-state index contributed by atoms with van der Waals surface area (Å²) in [6.07, 6.45) is 0.657. The first-order chi connectivity index (χ1) is 11.6. The molecule has 6 heteroatoms. The number of esters is 1. The SMILES string of the molecule is CC(C)Oc1ccc(C(=O)OCCCNC(=O)c2cccs2)cc1. The van der Waals surface area contributed by atoms with Gasteiger partial charge in [-0.15, -0.1) is 11.3 Å². The molecular formula is C18H21NO4S. The third-order valence-corrected chi connectivity index (χ3v) is 3.92. The van der Waals surface area contributed by atoms with Crippen LogP contribution in [0.25, 0.3) is 0 Å². The zero-order valence-electron chi connectivity index (χ0n) is 13.8. The molecule has 0 spiro atoms. The van der Waals surface area contributed by atoms with Crippen LogP contribution >= 0.6 is 11.3 Å². The molecule has 1 N–H and O–H groups in total. The van der Waals surface area contributed by atoms with Gasteiger partial charge in [-0.3, -0.25) is 4.79 Å². The second-order valence-electron chi connectivity index (χ2n) is 5.41. The Morgan fingerprint density at radius 1 is 1.17 bits per heavy atom. The van der Waals surface area contributed by atoms with Crippen LogP contribution in [0.15, 0.2) is 41.8 Å². The van der Waals surface area contributed by atoms with Gasteiger partial charge in [-0.05, 0) is 56.0 Å². The van der Waals surface area contributed by atoms with Crippen LogP contribution in [0.3, 0.4) is 0 Å². The lowest BCUT2D eigenvalue weighted by molar-refractivity contribution is 0.0501. The second-order valence-corrected chi connectivity index (χ2v) is 6.36. The molecule has 128 valence electrons. The summed E-state index contributed by atoms with van der Waals surface area (Å²) in [7, 11) is 0. The summed E-state index contributed by atoms with van der Waals surface area (Å²) in [6, 6.07) is 10.5. The minimum atomic E-state index is -0.379. The van der Waals surface area contributed by atoms with Crippen molar-refractivity contribution in [2.45, 2.75) is 26.4 Å². The fourth-order valence-corrected chi connectivity index (χ4v) is 2.60. The van der Waals surface area contributed by atoms with E-state index in [4.69, 9.17) is 9.47 Å². The third kappa shape index (κ3) is 5.70. The molecule has 0 fully saturated rings. The Bertz CT molecular complexity index is 650. The summed E-state index contributed by atoms with van der Waals surface area (Å²) in [4.78, 5) is 24.3. The van der Waals surface area contributed by atoms with Crippen LogP contribution in [0.4, 0.5) is 0 Å². The van der Waals surface area contributed by atoms with Gasteiger partial charge in [0, 0.05) is 6.54 Å². The highest BCUT2D eigenvalue weighted by Crippen LogP contribution is 2.14. The summed E-state index contributed by atoms with van der Waals surface area (Å²) in [5, 5.41) is 4.64. The quantitative estimate of drug-likeness (QED) is 0.586. The molecule has 0 bridgehead atoms. The molecule has 0 unspecified atom stereocenters. The van der Waals surface area contributed by atoms with E-state index in [1.165, 1.54) is 11.3 Å². The van der Waals surface area contributed by atoms with Gasteiger partial charge in [0.15, 0.2) is 0 Å². The Kier molecular flexibility index (Phi) is 6.81. The number of carbonyl (C=O) groups is 2. The molecule has 1 amide bonds. The van der Waals surface area contributed by atoms with Crippen LogP contribution < -0.4 is 10.1 Å². The minimum Gasteiger partial charge on any atom is -0.491 e. The number of carbonyl (C=O) groups excluding carboxylic acids is 2. The topological polar surface area (TPSA) is 64.6 Å². The highest BCUT2D eigenvalue weighted by atomic mass is 32.1. The number of nitrogens with one attached hydrogen (secondary N) is 1. The van der Waals surface area contributed by atoms with Crippen LogP contribution in [-0.2, 0) is 4.74 Å². The van der Waals surface area contributed by atoms with Gasteiger partial charge < -0.3 is 14.8 Å². The van der Waals surface area contributed by atoms with E-state index in [0.29, 0.717) is 23.4 Å². The van der Waals surface area contributed by atoms with E-state index in [1.54, 1.807) is 30.3 Å². The first-order valence-electron chi connectivity index (χ1n) is 7.82. The zero-order chi connectivity index (χ0) is 17.4. The van der Waals surface area contributed by atoms with Gasteiger partial charge >= 0.3 is 5.97 Å². The van der Waals surface area contributed by atoms with E-state index < -0.39 is 0 Å². The van der Waals surface area contributed by atoms with E-state index in [0.717, 1.165) is 5.75 Å². The predicted octanol–water partition coefficient (Wildman–Crippen LogP) is 3.51. The molecule has 1 aromatic carbocycles. The summed E-state index contributed by atoms with van der Waals surface area (Å²) in [5.74, 6) is 0.241. The van der Waals surface area contributed by atoms with Crippen molar-refractivity contribution < 1.29 is 19.1 Å². The molecule has 0 saturated carbocycles. The highest BCUT2D eigenvalue weighted by molar-refractivity contribution is 7.12. The van der Waals surface area contributed by atoms with Gasteiger partial charge in [0.1, 0.15) is 5.75 Å². The Hall–Kier alpha value is -2.34. The number of rotatable bonds is 8. The lowest BCUT2D eigenvalue weighted by atomic mass is 10.2. The number of ether oxygens (including phenoxy) is 2. The van der Waals surface area contributed by atoms with E-state index >= 15 is 0 Å². The third-order valence-electron chi connectivity index (χ3n) is 3.05. The molecule has 1 heterocycles. The number of amides is 1. The number of hydrogen-bond donors (Lipinski definition) is 1. The van der Waals surface area contributed by atoms with Crippen LogP contribution in [0.1, 0.15) is 40.3 Å². The maximum absolute atomic E-state index is 11.9. The molecular weight excluding hydrogens is 326 g/mol. The van der Waals surface area contributed by atoms with Gasteiger partial charge in [-0.25, -0.2) is 4.79 Å². The standard InChI is InChI=1S/C18H21NO4S/c1-13(2)23-15-8-6-14(7-9-15)18(21)22-11-4-10-19-17(20)16-5-3-12-24-16/h3,5-9,12-13H,4,10-11H2,1-2H3,(H,19,20). The lowest BCUT2D eigenvalue weighted by Gasteiger charge is -2.10. The molecule has 0 saturated heterocycles. The summed E-state index contributed by atoms with van der Waals surface area (Å²) < 4.78 is 10.7. The molecule has 5 nitrogen and oxygen atoms in total. The average Bonchev–Trinajstić information content (AvgIpc) is 3.09. The summed E-state index contributed by atoms with van der Waals surface area (Å²) in [5.41, 5.74) is 0.480. The fourth-order valence-electron chi connectivity index (χ4n) is 1.96. The number of thiophene rings is 1. The van der Waals surface area contributed by atoms with Crippen molar-refractivity contribution in [3.63, 3.8) is 0 Å². The Morgan fingerprint density at radius 3 is 2.54 bits per heavy atom. The van der Waals surface area contributed by atoms with Crippen molar-refractivity contribution in [2.75, 3.05) is 13.2 Å². The Morgan fingerprint density at radius 2 is 1.92 bits per heavy atom. The first-order valence-corrected chi connectivity index (χ1v) is 8.70. The minimum absolute atomic E-state index is 0.0900. The first kappa shape index (κ1) is 18.0. The smallest absolute Gasteiger partial charge is 0.338 e. The molecule has 24 heavy (non-hydrogen) atoms. The average molecular weight is 347 g/mol. The molecule has 0 aliphatic rings. The number of hydrogen-bond acceptors (Lipinski definition) is 5. The van der Waals surface area contributed by atoms with Crippen LogP contribution in [0.5, 0.6) is 5.75 Å². The van der Waals surface area contributed by atoms with E-state index in [2.05, 4.69) is 5.32 Å². The van der Waals surface area contributed by atoms with E-state index in [9.17, 15) is 9.59 Å². The summed E-state index contributed by atoms with van der Waals surface area (Å²) in [6.45, 7) is 4.61. The molecule has 0 aliphatic heterocycles. The second kappa shape index (κ2) is 9.08. The van der Waals surface area contributed by atoms with Gasteiger partial charge in [0.2, 0.25) is 0 Å². The Labute approximate surface area is 145 Å². The highest BCUT2D eigenvalue weighted by Gasteiger charge is 2.08. The van der Waals surface area contributed by atoms with Crippen LogP contribution in [0, 0.1) is 0 Å². The van der Waals surface area contributed by atoms with Crippen molar-refractivity contribution in [3.05, 3.63) is 52.2 Å². The maximum Gasteiger partial charge on any atom is 0.338 e. The molecule has 2 aromatic rings. The van der Waals surface area contributed by atoms with E-state index in [1.807, 2.05) is 25.3 Å². The predicted molar refractivity (Wildman–Crippen MR) is 93.8 cm³/mol. The molecule has 1 aromatic heterocycles. The normalized spacial score (nSPS) is 10.5. The van der Waals surface area contributed by atoms with Crippen molar-refractivity contribution in [3.8, 4) is 5.75 Å². The molecule has 0 radical (unpaired) electrons. The Balaban J connectivity index is 1.66. The monoisotopic (exact) mass is 347 g/mol. The molecule has 0 aliphatic carbocycles. The van der Waals surface area contributed by atoms with Gasteiger partial charge in [0.05, 0.1) is 23.2 Å². The van der Waals surface area contributed by atoms with Crippen LogP contribution in [-0.4, -0.2) is 31.1 Å². The van der Waals surface area contributed by atoms with Gasteiger partial charge in [-0.1, -0.05) is 6.07 Å². The van der Waals surface area contributed by atoms with Gasteiger partial charge in [0.25, 0.3) is 5.91 Å². The molecule has 0 atom stereocenters. The fraction of sp³-hybridized carbons (Fsp3) is 0.333. The van der Waals surface area contributed by atoms with Crippen molar-refractivity contribution in [2.24, 2.45) is 0 Å². The van der Waals surface area contributed by atoms with Crippen LogP contribution in [0.2, 0.25) is 0 Å². The summed E-state index contributed by atoms with van der Waals surface area (Å²) >= 11 is 1.39. The van der Waals surface area contributed by atoms with Crippen molar-refractivity contribution in [1.82, 2.24) is 5.32 Å². The molecule has 2 rings (SSSR count).